The summed E-state index contributed by atoms with van der Waals surface area (Å²) >= 11 is 0.0187. The first kappa shape index (κ1) is 13.0. The van der Waals surface area contributed by atoms with Crippen molar-refractivity contribution in [1.29, 1.82) is 0 Å². The molecule has 4 nitrogen and oxygen atoms in total. The minimum atomic E-state index is -4.84. The van der Waals surface area contributed by atoms with Gasteiger partial charge >= 0.3 is 17.0 Å². The molecule has 0 spiro atoms. The van der Waals surface area contributed by atoms with E-state index in [4.69, 9.17) is 5.11 Å². The van der Waals surface area contributed by atoms with E-state index in [-0.39, 0.29) is 23.7 Å². The van der Waals surface area contributed by atoms with E-state index >= 15 is 0 Å². The molecule has 2 N–H and O–H groups in total. The number of aromatic carboxylic acids is 1. The highest BCUT2D eigenvalue weighted by atomic mass is 35.5. The summed E-state index contributed by atoms with van der Waals surface area (Å²) in [6.45, 7) is 0. The van der Waals surface area contributed by atoms with Crippen molar-refractivity contribution in [3.05, 3.63) is 20.2 Å². The maximum Gasteiger partial charge on any atom is 0.433 e. The molecular formula is C5H3ClF3NO3S. The number of aromatic nitrogens is 1. The van der Waals surface area contributed by atoms with Crippen molar-refractivity contribution < 1.29 is 23.1 Å². The minimum Gasteiger partial charge on any atom is -0.477 e. The van der Waals surface area contributed by atoms with Gasteiger partial charge in [0.1, 0.15) is 10.6 Å². The van der Waals surface area contributed by atoms with Gasteiger partial charge in [-0.15, -0.1) is 12.4 Å². The van der Waals surface area contributed by atoms with Crippen molar-refractivity contribution in [3.8, 4) is 0 Å². The lowest BCUT2D eigenvalue weighted by Gasteiger charge is -2.02. The number of aromatic amines is 1. The molecule has 0 aliphatic carbocycles. The number of alkyl halides is 3. The molecule has 0 saturated carbocycles. The van der Waals surface area contributed by atoms with Gasteiger partial charge in [-0.2, -0.15) is 13.2 Å². The molecule has 0 aliphatic heterocycles. The first-order valence-corrected chi connectivity index (χ1v) is 3.67. The van der Waals surface area contributed by atoms with Gasteiger partial charge in [-0.1, -0.05) is 11.3 Å². The van der Waals surface area contributed by atoms with Gasteiger partial charge in [0.25, 0.3) is 0 Å². The van der Waals surface area contributed by atoms with Crippen LogP contribution in [0.15, 0.2) is 4.79 Å². The lowest BCUT2D eigenvalue weighted by Crippen LogP contribution is -2.12. The van der Waals surface area contributed by atoms with Crippen LogP contribution >= 0.6 is 23.7 Å². The molecule has 1 aromatic heterocycles. The van der Waals surface area contributed by atoms with Crippen molar-refractivity contribution in [2.75, 3.05) is 0 Å². The molecule has 0 unspecified atom stereocenters. The lowest BCUT2D eigenvalue weighted by atomic mass is 10.3. The van der Waals surface area contributed by atoms with Crippen LogP contribution in [-0.4, -0.2) is 16.1 Å². The van der Waals surface area contributed by atoms with Crippen LogP contribution in [0.4, 0.5) is 13.2 Å². The van der Waals surface area contributed by atoms with E-state index in [2.05, 4.69) is 0 Å². The van der Waals surface area contributed by atoms with E-state index in [0.717, 1.165) is 0 Å². The molecule has 0 fully saturated rings. The van der Waals surface area contributed by atoms with Crippen molar-refractivity contribution in [2.24, 2.45) is 0 Å². The van der Waals surface area contributed by atoms with Crippen LogP contribution in [0.25, 0.3) is 0 Å². The second kappa shape index (κ2) is 4.01. The van der Waals surface area contributed by atoms with Crippen LogP contribution in [0, 0.1) is 0 Å². The largest absolute Gasteiger partial charge is 0.477 e. The Morgan fingerprint density at radius 3 is 2.21 bits per heavy atom. The van der Waals surface area contributed by atoms with Crippen molar-refractivity contribution in [1.82, 2.24) is 4.98 Å². The first-order chi connectivity index (χ1) is 5.82. The predicted molar refractivity (Wildman–Crippen MR) is 44.1 cm³/mol. The van der Waals surface area contributed by atoms with E-state index in [9.17, 15) is 22.8 Å². The summed E-state index contributed by atoms with van der Waals surface area (Å²) in [5.41, 5.74) is -1.50. The Morgan fingerprint density at radius 1 is 1.43 bits per heavy atom. The summed E-state index contributed by atoms with van der Waals surface area (Å²) in [4.78, 5) is 20.1. The van der Waals surface area contributed by atoms with Crippen LogP contribution in [0.5, 0.6) is 0 Å². The number of carboxylic acids is 1. The fraction of sp³-hybridized carbons (Fsp3) is 0.200. The molecule has 80 valence electrons. The normalized spacial score (nSPS) is 10.8. The highest BCUT2D eigenvalue weighted by molar-refractivity contribution is 7.11. The number of rotatable bonds is 1. The number of carboxylic acid groups (broad SMARTS) is 1. The Balaban J connectivity index is 0.00000169. The molecule has 0 bridgehead atoms. The number of nitrogens with one attached hydrogen (secondary N) is 1. The van der Waals surface area contributed by atoms with Gasteiger partial charge in [0.05, 0.1) is 0 Å². The van der Waals surface area contributed by atoms with Crippen molar-refractivity contribution >= 4 is 29.7 Å². The monoisotopic (exact) mass is 249 g/mol. The van der Waals surface area contributed by atoms with E-state index in [1.165, 1.54) is 4.98 Å². The van der Waals surface area contributed by atoms with Gasteiger partial charge < -0.3 is 10.1 Å². The van der Waals surface area contributed by atoms with Crippen LogP contribution in [0.1, 0.15) is 15.4 Å². The van der Waals surface area contributed by atoms with E-state index < -0.39 is 27.6 Å². The highest BCUT2D eigenvalue weighted by Crippen LogP contribution is 2.30. The lowest BCUT2D eigenvalue weighted by molar-refractivity contribution is -0.141. The molecule has 0 atom stereocenters. The second-order valence-corrected chi connectivity index (χ2v) is 3.00. The first-order valence-electron chi connectivity index (χ1n) is 2.86. The molecule has 14 heavy (non-hydrogen) atoms. The zero-order chi connectivity index (χ0) is 10.2. The van der Waals surface area contributed by atoms with E-state index in [1.807, 2.05) is 0 Å². The number of carbonyl (C=O) groups is 1. The van der Waals surface area contributed by atoms with E-state index in [1.54, 1.807) is 0 Å². The van der Waals surface area contributed by atoms with Crippen LogP contribution < -0.4 is 4.87 Å². The summed E-state index contributed by atoms with van der Waals surface area (Å²) in [6.07, 6.45) is -4.84. The average Bonchev–Trinajstić information content (AvgIpc) is 2.29. The van der Waals surface area contributed by atoms with E-state index in [0.29, 0.717) is 0 Å². The maximum atomic E-state index is 12.0. The quantitative estimate of drug-likeness (QED) is 0.794. The highest BCUT2D eigenvalue weighted by Gasteiger charge is 2.38. The van der Waals surface area contributed by atoms with Gasteiger partial charge in [-0.3, -0.25) is 4.79 Å². The molecule has 0 saturated heterocycles. The zero-order valence-corrected chi connectivity index (χ0v) is 7.85. The van der Waals surface area contributed by atoms with Gasteiger partial charge in [0, 0.05) is 0 Å². The van der Waals surface area contributed by atoms with Gasteiger partial charge in [0.2, 0.25) is 0 Å². The summed E-state index contributed by atoms with van der Waals surface area (Å²) in [5.74, 6) is -1.77. The maximum absolute atomic E-state index is 12.0. The molecular weight excluding hydrogens is 247 g/mol. The van der Waals surface area contributed by atoms with Gasteiger partial charge in [0.15, 0.2) is 0 Å². The number of hydrogen-bond donors (Lipinski definition) is 2. The average molecular weight is 250 g/mol. The summed E-state index contributed by atoms with van der Waals surface area (Å²) in [6, 6.07) is 0. The Morgan fingerprint density at radius 2 is 1.93 bits per heavy atom. The summed E-state index contributed by atoms with van der Waals surface area (Å²) in [7, 11) is 0. The number of hydrogen-bond acceptors (Lipinski definition) is 3. The molecule has 0 amide bonds. The summed E-state index contributed by atoms with van der Waals surface area (Å²) in [5, 5.41) is 8.29. The van der Waals surface area contributed by atoms with Crippen LogP contribution in [0.3, 0.4) is 0 Å². The minimum absolute atomic E-state index is 0. The second-order valence-electron chi connectivity index (χ2n) is 2.02. The number of thiazole rings is 1. The number of halogens is 4. The Kier molecular flexibility index (Phi) is 3.72. The molecule has 1 aromatic rings. The third-order valence-corrected chi connectivity index (χ3v) is 2.00. The van der Waals surface area contributed by atoms with Crippen LogP contribution in [0.2, 0.25) is 0 Å². The third kappa shape index (κ3) is 2.48. The van der Waals surface area contributed by atoms with Gasteiger partial charge in [-0.25, -0.2) is 4.79 Å². The van der Waals surface area contributed by atoms with Gasteiger partial charge in [-0.05, 0) is 0 Å². The zero-order valence-electron chi connectivity index (χ0n) is 6.21. The summed E-state index contributed by atoms with van der Waals surface area (Å²) < 4.78 is 36.0. The standard InChI is InChI=1S/C5H2F3NO3S.ClH/c6-5(7,8)2-1(3(10)11)13-4(12)9-2;/h(H,9,12)(H,10,11);1H. The Hall–Kier alpha value is -1.02. The van der Waals surface area contributed by atoms with Crippen LogP contribution in [-0.2, 0) is 6.18 Å². The number of H-pyrrole nitrogens is 1. The fourth-order valence-corrected chi connectivity index (χ4v) is 1.37. The molecule has 1 rings (SSSR count). The molecule has 0 aliphatic rings. The topological polar surface area (TPSA) is 70.2 Å². The predicted octanol–water partition coefficient (Wildman–Crippen LogP) is 1.58. The Bertz CT molecular complexity index is 396. The third-order valence-electron chi connectivity index (χ3n) is 1.13. The molecule has 0 aromatic carbocycles. The molecule has 1 heterocycles. The SMILES string of the molecule is Cl.O=C(O)c1sc(=O)[nH]c1C(F)(F)F. The van der Waals surface area contributed by atoms with Crippen molar-refractivity contribution in [2.45, 2.75) is 6.18 Å². The smallest absolute Gasteiger partial charge is 0.433 e. The van der Waals surface area contributed by atoms with Crippen molar-refractivity contribution in [3.63, 3.8) is 0 Å². The molecule has 9 heteroatoms. The molecule has 0 radical (unpaired) electrons. The Labute approximate surface area is 84.8 Å². The fourth-order valence-electron chi connectivity index (χ4n) is 0.678.